The number of carbonyl (C=O) groups is 1. The average Bonchev–Trinajstić information content (AvgIpc) is 2.76. The summed E-state index contributed by atoms with van der Waals surface area (Å²) < 4.78 is 56.1. The maximum Gasteiger partial charge on any atom is 0.419 e. The Morgan fingerprint density at radius 2 is 1.83 bits per heavy atom. The molecule has 0 aliphatic heterocycles. The molecule has 0 fully saturated rings. The molecule has 2 rings (SSSR count). The van der Waals surface area contributed by atoms with Gasteiger partial charge in [-0.1, -0.05) is 6.07 Å². The molecule has 1 aromatic heterocycles. The van der Waals surface area contributed by atoms with Crippen molar-refractivity contribution in [3.63, 3.8) is 0 Å². The number of rotatable bonds is 2. The Kier molecular flexibility index (Phi) is 2.94. The Labute approximate surface area is 98.8 Å². The van der Waals surface area contributed by atoms with Gasteiger partial charge in [-0.15, -0.1) is 0 Å². The van der Waals surface area contributed by atoms with Crippen molar-refractivity contribution in [2.24, 2.45) is 0 Å². The molecule has 0 radical (unpaired) electrons. The molecular weight excluding hydrogens is 252 g/mol. The highest BCUT2D eigenvalue weighted by Crippen LogP contribution is 2.35. The van der Waals surface area contributed by atoms with Crippen LogP contribution in [0.5, 0.6) is 0 Å². The normalized spacial score (nSPS) is 11.6. The summed E-state index contributed by atoms with van der Waals surface area (Å²) in [6.07, 6.45) is -4.39. The smallest absolute Gasteiger partial charge is 0.419 e. The molecule has 18 heavy (non-hydrogen) atoms. The van der Waals surface area contributed by atoms with Gasteiger partial charge in [-0.2, -0.15) is 13.2 Å². The van der Waals surface area contributed by atoms with Crippen molar-refractivity contribution in [3.05, 3.63) is 47.5 Å². The molecule has 1 heterocycles. The highest BCUT2D eigenvalue weighted by molar-refractivity contribution is 5.73. The number of carbonyl (C=O) groups excluding carboxylic acids is 1. The van der Waals surface area contributed by atoms with Gasteiger partial charge in [-0.25, -0.2) is 4.39 Å². The molecule has 0 amide bonds. The van der Waals surface area contributed by atoms with Crippen LogP contribution < -0.4 is 0 Å². The first-order chi connectivity index (χ1) is 8.43. The van der Waals surface area contributed by atoms with Crippen LogP contribution in [0.4, 0.5) is 17.6 Å². The first kappa shape index (κ1) is 12.3. The summed E-state index contributed by atoms with van der Waals surface area (Å²) in [4.78, 5) is 10.4. The first-order valence-corrected chi connectivity index (χ1v) is 4.84. The lowest BCUT2D eigenvalue weighted by molar-refractivity contribution is -0.139. The van der Waals surface area contributed by atoms with Gasteiger partial charge in [0.15, 0.2) is 12.0 Å². The third kappa shape index (κ3) is 2.13. The van der Waals surface area contributed by atoms with Crippen LogP contribution >= 0.6 is 0 Å². The third-order valence-corrected chi connectivity index (χ3v) is 2.31. The minimum atomic E-state index is -4.78. The zero-order valence-corrected chi connectivity index (χ0v) is 8.79. The number of halogens is 4. The largest absolute Gasteiger partial charge is 0.453 e. The molecule has 0 aliphatic rings. The van der Waals surface area contributed by atoms with Gasteiger partial charge in [0.05, 0.1) is 11.1 Å². The van der Waals surface area contributed by atoms with E-state index in [1.165, 1.54) is 12.1 Å². The maximum atomic E-state index is 13.7. The minimum Gasteiger partial charge on any atom is -0.453 e. The van der Waals surface area contributed by atoms with Gasteiger partial charge in [0.2, 0.25) is 0 Å². The highest BCUT2D eigenvalue weighted by Gasteiger charge is 2.35. The van der Waals surface area contributed by atoms with Crippen molar-refractivity contribution < 1.29 is 26.8 Å². The Hall–Kier alpha value is -2.11. The highest BCUT2D eigenvalue weighted by atomic mass is 19.4. The van der Waals surface area contributed by atoms with Crippen LogP contribution in [0.1, 0.15) is 16.1 Å². The van der Waals surface area contributed by atoms with Gasteiger partial charge < -0.3 is 4.42 Å². The lowest BCUT2D eigenvalue weighted by Crippen LogP contribution is -2.08. The number of benzene rings is 1. The molecule has 6 heteroatoms. The summed E-state index contributed by atoms with van der Waals surface area (Å²) in [7, 11) is 0. The van der Waals surface area contributed by atoms with E-state index in [2.05, 4.69) is 0 Å². The van der Waals surface area contributed by atoms with Crippen molar-refractivity contribution in [2.75, 3.05) is 0 Å². The topological polar surface area (TPSA) is 30.2 Å². The van der Waals surface area contributed by atoms with Gasteiger partial charge in [0, 0.05) is 0 Å². The van der Waals surface area contributed by atoms with Crippen LogP contribution in [0.3, 0.4) is 0 Å². The van der Waals surface area contributed by atoms with E-state index < -0.39 is 17.6 Å². The van der Waals surface area contributed by atoms with Crippen LogP contribution in [-0.2, 0) is 6.18 Å². The zero-order valence-electron chi connectivity index (χ0n) is 8.79. The Balaban J connectivity index is 2.55. The summed E-state index contributed by atoms with van der Waals surface area (Å²) in [5.41, 5.74) is -1.71. The summed E-state index contributed by atoms with van der Waals surface area (Å²) in [5, 5.41) is 0. The van der Waals surface area contributed by atoms with E-state index in [0.29, 0.717) is 12.4 Å². The molecule has 0 saturated heterocycles. The van der Waals surface area contributed by atoms with E-state index in [0.717, 1.165) is 12.1 Å². The van der Waals surface area contributed by atoms with Crippen LogP contribution in [0.2, 0.25) is 0 Å². The maximum absolute atomic E-state index is 13.7. The fraction of sp³-hybridized carbons (Fsp3) is 0.0833. The zero-order chi connectivity index (χ0) is 13.3. The lowest BCUT2D eigenvalue weighted by atomic mass is 10.1. The van der Waals surface area contributed by atoms with Crippen molar-refractivity contribution in [1.29, 1.82) is 0 Å². The molecular formula is C12H6F4O2. The second-order valence-corrected chi connectivity index (χ2v) is 3.48. The van der Waals surface area contributed by atoms with Gasteiger partial charge in [0.1, 0.15) is 11.6 Å². The molecule has 0 aliphatic carbocycles. The summed E-state index contributed by atoms with van der Waals surface area (Å²) in [6, 6.07) is 5.36. The fourth-order valence-corrected chi connectivity index (χ4v) is 1.50. The second-order valence-electron chi connectivity index (χ2n) is 3.48. The summed E-state index contributed by atoms with van der Waals surface area (Å²) in [5.74, 6) is -1.63. The second kappa shape index (κ2) is 4.29. The molecule has 0 N–H and O–H groups in total. The van der Waals surface area contributed by atoms with Crippen LogP contribution in [0.25, 0.3) is 11.3 Å². The molecule has 0 atom stereocenters. The quantitative estimate of drug-likeness (QED) is 0.603. The van der Waals surface area contributed by atoms with Gasteiger partial charge in [0.25, 0.3) is 0 Å². The Bertz CT molecular complexity index is 584. The van der Waals surface area contributed by atoms with Crippen LogP contribution in [0.15, 0.2) is 34.7 Å². The van der Waals surface area contributed by atoms with E-state index in [1.807, 2.05) is 0 Å². The van der Waals surface area contributed by atoms with E-state index in [9.17, 15) is 22.4 Å². The molecule has 1 aromatic carbocycles. The summed E-state index contributed by atoms with van der Waals surface area (Å²) >= 11 is 0. The molecule has 0 spiro atoms. The number of hydrogen-bond acceptors (Lipinski definition) is 2. The van der Waals surface area contributed by atoms with Crippen molar-refractivity contribution >= 4 is 6.29 Å². The molecule has 94 valence electrons. The monoisotopic (exact) mass is 258 g/mol. The Morgan fingerprint density at radius 1 is 1.11 bits per heavy atom. The van der Waals surface area contributed by atoms with E-state index in [-0.39, 0.29) is 17.1 Å². The standard InChI is InChI=1S/C12H6F4O2/c13-11-8(10-5-4-7(6-17)18-10)2-1-3-9(11)12(14,15)16/h1-6H. The number of aldehydes is 1. The van der Waals surface area contributed by atoms with Crippen molar-refractivity contribution in [3.8, 4) is 11.3 Å². The predicted molar refractivity (Wildman–Crippen MR) is 54.5 cm³/mol. The average molecular weight is 258 g/mol. The molecule has 2 nitrogen and oxygen atoms in total. The molecule has 0 saturated carbocycles. The van der Waals surface area contributed by atoms with Crippen molar-refractivity contribution in [1.82, 2.24) is 0 Å². The van der Waals surface area contributed by atoms with Crippen LogP contribution in [0, 0.1) is 5.82 Å². The van der Waals surface area contributed by atoms with Crippen molar-refractivity contribution in [2.45, 2.75) is 6.18 Å². The molecule has 0 bridgehead atoms. The number of hydrogen-bond donors (Lipinski definition) is 0. The minimum absolute atomic E-state index is 0.0817. The van der Waals surface area contributed by atoms with Gasteiger partial charge >= 0.3 is 6.18 Å². The van der Waals surface area contributed by atoms with Gasteiger partial charge in [-0.3, -0.25) is 4.79 Å². The van der Waals surface area contributed by atoms with E-state index >= 15 is 0 Å². The molecule has 2 aromatic rings. The fourth-order valence-electron chi connectivity index (χ4n) is 1.50. The number of furan rings is 1. The number of alkyl halides is 3. The van der Waals surface area contributed by atoms with Gasteiger partial charge in [-0.05, 0) is 24.3 Å². The van der Waals surface area contributed by atoms with E-state index in [4.69, 9.17) is 4.42 Å². The van der Waals surface area contributed by atoms with E-state index in [1.54, 1.807) is 0 Å². The van der Waals surface area contributed by atoms with Crippen LogP contribution in [-0.4, -0.2) is 6.29 Å². The SMILES string of the molecule is O=Cc1ccc(-c2cccc(C(F)(F)F)c2F)o1. The summed E-state index contributed by atoms with van der Waals surface area (Å²) in [6.45, 7) is 0. The molecule has 0 unspecified atom stereocenters. The first-order valence-electron chi connectivity index (χ1n) is 4.84. The third-order valence-electron chi connectivity index (χ3n) is 2.31. The predicted octanol–water partition coefficient (Wildman–Crippen LogP) is 3.92. The Morgan fingerprint density at radius 3 is 2.39 bits per heavy atom. The lowest BCUT2D eigenvalue weighted by Gasteiger charge is -2.09.